The van der Waals surface area contributed by atoms with Gasteiger partial charge in [0.2, 0.25) is 10.0 Å². The number of carbonyl (C=O) groups is 1. The summed E-state index contributed by atoms with van der Waals surface area (Å²) in [5, 5.41) is 17.8. The van der Waals surface area contributed by atoms with Crippen molar-refractivity contribution in [3.63, 3.8) is 0 Å². The van der Waals surface area contributed by atoms with Gasteiger partial charge in [0.1, 0.15) is 5.82 Å². The van der Waals surface area contributed by atoms with E-state index in [4.69, 9.17) is 10.2 Å². The van der Waals surface area contributed by atoms with E-state index >= 15 is 0 Å². The lowest BCUT2D eigenvalue weighted by atomic mass is 10.1. The highest BCUT2D eigenvalue weighted by atomic mass is 32.2. The zero-order valence-electron chi connectivity index (χ0n) is 10.5. The number of benzene rings is 1. The van der Waals surface area contributed by atoms with Crippen molar-refractivity contribution in [2.75, 3.05) is 19.7 Å². The van der Waals surface area contributed by atoms with Crippen LogP contribution in [0, 0.1) is 11.7 Å². The molecule has 1 aliphatic rings. The second-order valence-corrected chi connectivity index (χ2v) is 6.59. The first-order valence-corrected chi connectivity index (χ1v) is 7.44. The number of aliphatic hydroxyl groups is 1. The summed E-state index contributed by atoms with van der Waals surface area (Å²) in [6, 6.07) is 2.69. The predicted molar refractivity (Wildman–Crippen MR) is 67.3 cm³/mol. The molecule has 1 aromatic rings. The van der Waals surface area contributed by atoms with Crippen molar-refractivity contribution in [1.82, 2.24) is 4.31 Å². The quantitative estimate of drug-likeness (QED) is 0.846. The third-order valence-corrected chi connectivity index (χ3v) is 5.17. The number of nitrogens with zero attached hydrogens (tertiary/aromatic N) is 1. The Kier molecular flexibility index (Phi) is 4.07. The topological polar surface area (TPSA) is 94.9 Å². The maximum atomic E-state index is 13.3. The number of aliphatic hydroxyl groups excluding tert-OH is 1. The van der Waals surface area contributed by atoms with E-state index in [9.17, 15) is 17.6 Å². The van der Waals surface area contributed by atoms with E-state index in [2.05, 4.69) is 0 Å². The molecule has 20 heavy (non-hydrogen) atoms. The Balaban J connectivity index is 2.35. The van der Waals surface area contributed by atoms with Crippen LogP contribution in [0.4, 0.5) is 4.39 Å². The number of sulfonamides is 1. The fourth-order valence-corrected chi connectivity index (χ4v) is 3.70. The Labute approximate surface area is 115 Å². The Bertz CT molecular complexity index is 631. The van der Waals surface area contributed by atoms with Crippen LogP contribution in [0.25, 0.3) is 0 Å². The molecule has 1 heterocycles. The van der Waals surface area contributed by atoms with Crippen molar-refractivity contribution in [3.8, 4) is 0 Å². The molecule has 1 fully saturated rings. The fourth-order valence-electron chi connectivity index (χ4n) is 2.14. The molecule has 8 heteroatoms. The first-order chi connectivity index (χ1) is 9.36. The number of aromatic carboxylic acids is 1. The SMILES string of the molecule is O=C(O)c1cc(S(=O)(=O)N2CCC(CO)C2)ccc1F. The monoisotopic (exact) mass is 303 g/mol. The van der Waals surface area contributed by atoms with Crippen molar-refractivity contribution >= 4 is 16.0 Å². The summed E-state index contributed by atoms with van der Waals surface area (Å²) in [6.45, 7) is 0.335. The van der Waals surface area contributed by atoms with Gasteiger partial charge in [0.15, 0.2) is 0 Å². The van der Waals surface area contributed by atoms with Gasteiger partial charge in [0.25, 0.3) is 0 Å². The first-order valence-electron chi connectivity index (χ1n) is 6.00. The van der Waals surface area contributed by atoms with E-state index in [0.717, 1.165) is 18.2 Å². The van der Waals surface area contributed by atoms with Gasteiger partial charge in [-0.25, -0.2) is 17.6 Å². The number of carboxylic acid groups (broad SMARTS) is 1. The Morgan fingerprint density at radius 3 is 2.70 bits per heavy atom. The molecule has 110 valence electrons. The Hall–Kier alpha value is -1.51. The van der Waals surface area contributed by atoms with Crippen LogP contribution in [0.1, 0.15) is 16.8 Å². The van der Waals surface area contributed by atoms with Gasteiger partial charge in [-0.15, -0.1) is 0 Å². The highest BCUT2D eigenvalue weighted by molar-refractivity contribution is 7.89. The smallest absolute Gasteiger partial charge is 0.338 e. The zero-order chi connectivity index (χ0) is 14.9. The molecular formula is C12H14FNO5S. The van der Waals surface area contributed by atoms with Crippen molar-refractivity contribution in [3.05, 3.63) is 29.6 Å². The maximum Gasteiger partial charge on any atom is 0.338 e. The van der Waals surface area contributed by atoms with Gasteiger partial charge in [-0.3, -0.25) is 0 Å². The minimum absolute atomic E-state index is 0.101. The van der Waals surface area contributed by atoms with E-state index in [1.165, 1.54) is 4.31 Å². The number of carboxylic acids is 1. The summed E-state index contributed by atoms with van der Waals surface area (Å²) < 4.78 is 39.1. The minimum Gasteiger partial charge on any atom is -0.478 e. The molecule has 1 aliphatic heterocycles. The second kappa shape index (κ2) is 5.47. The van der Waals surface area contributed by atoms with Gasteiger partial charge in [0.05, 0.1) is 10.5 Å². The van der Waals surface area contributed by atoms with Crippen LogP contribution in [0.3, 0.4) is 0 Å². The molecule has 0 aliphatic carbocycles. The van der Waals surface area contributed by atoms with Crippen molar-refractivity contribution in [1.29, 1.82) is 0 Å². The molecule has 2 rings (SSSR count). The molecule has 0 saturated carbocycles. The molecule has 0 aromatic heterocycles. The number of hydrogen-bond acceptors (Lipinski definition) is 4. The lowest BCUT2D eigenvalue weighted by Crippen LogP contribution is -2.29. The highest BCUT2D eigenvalue weighted by Gasteiger charge is 2.32. The Morgan fingerprint density at radius 2 is 2.15 bits per heavy atom. The molecule has 1 aromatic carbocycles. The normalized spacial score (nSPS) is 20.2. The summed E-state index contributed by atoms with van der Waals surface area (Å²) in [5.74, 6) is -2.62. The average Bonchev–Trinajstić information content (AvgIpc) is 2.88. The summed E-state index contributed by atoms with van der Waals surface area (Å²) in [7, 11) is -3.86. The van der Waals surface area contributed by atoms with Crippen LogP contribution in [-0.4, -0.2) is 48.6 Å². The van der Waals surface area contributed by atoms with Crippen LogP contribution >= 0.6 is 0 Å². The molecule has 2 N–H and O–H groups in total. The van der Waals surface area contributed by atoms with E-state index in [1.807, 2.05) is 0 Å². The minimum atomic E-state index is -3.86. The maximum absolute atomic E-state index is 13.3. The molecular weight excluding hydrogens is 289 g/mol. The second-order valence-electron chi connectivity index (χ2n) is 4.65. The van der Waals surface area contributed by atoms with Crippen LogP contribution in [0.2, 0.25) is 0 Å². The van der Waals surface area contributed by atoms with Crippen LogP contribution in [-0.2, 0) is 10.0 Å². The van der Waals surface area contributed by atoms with Gasteiger partial charge in [0, 0.05) is 19.7 Å². The standard InChI is InChI=1S/C12H14FNO5S/c13-11-2-1-9(5-10(11)12(16)17)20(18,19)14-4-3-8(6-14)7-15/h1-2,5,8,15H,3-4,6-7H2,(H,16,17). The van der Waals surface area contributed by atoms with Crippen LogP contribution in [0.15, 0.2) is 23.1 Å². The summed E-state index contributed by atoms with van der Waals surface area (Å²) in [6.07, 6.45) is 0.544. The third-order valence-electron chi connectivity index (χ3n) is 3.31. The largest absolute Gasteiger partial charge is 0.478 e. The number of hydrogen-bond donors (Lipinski definition) is 2. The lowest BCUT2D eigenvalue weighted by Gasteiger charge is -2.16. The van der Waals surface area contributed by atoms with Gasteiger partial charge in [-0.05, 0) is 30.5 Å². The molecule has 0 amide bonds. The van der Waals surface area contributed by atoms with E-state index in [-0.39, 0.29) is 30.5 Å². The summed E-state index contributed by atoms with van der Waals surface area (Å²) in [5.41, 5.74) is -0.677. The summed E-state index contributed by atoms with van der Waals surface area (Å²) >= 11 is 0. The molecule has 0 bridgehead atoms. The molecule has 1 saturated heterocycles. The van der Waals surface area contributed by atoms with Gasteiger partial charge in [-0.2, -0.15) is 4.31 Å². The number of halogens is 1. The van der Waals surface area contributed by atoms with Crippen molar-refractivity contribution < 1.29 is 27.8 Å². The van der Waals surface area contributed by atoms with E-state index < -0.39 is 27.4 Å². The molecule has 1 atom stereocenters. The van der Waals surface area contributed by atoms with Crippen LogP contribution in [0.5, 0.6) is 0 Å². The zero-order valence-corrected chi connectivity index (χ0v) is 11.3. The predicted octanol–water partition coefficient (Wildman–Crippen LogP) is 0.527. The van der Waals surface area contributed by atoms with Crippen molar-refractivity contribution in [2.45, 2.75) is 11.3 Å². The molecule has 1 unspecified atom stereocenters. The van der Waals surface area contributed by atoms with E-state index in [0.29, 0.717) is 6.42 Å². The molecule has 0 radical (unpaired) electrons. The third kappa shape index (κ3) is 2.67. The van der Waals surface area contributed by atoms with E-state index in [1.54, 1.807) is 0 Å². The lowest BCUT2D eigenvalue weighted by molar-refractivity contribution is 0.0691. The Morgan fingerprint density at radius 1 is 1.45 bits per heavy atom. The van der Waals surface area contributed by atoms with Crippen LogP contribution < -0.4 is 0 Å². The highest BCUT2D eigenvalue weighted by Crippen LogP contribution is 2.25. The first kappa shape index (κ1) is 14.9. The average molecular weight is 303 g/mol. The summed E-state index contributed by atoms with van der Waals surface area (Å²) in [4.78, 5) is 10.6. The van der Waals surface area contributed by atoms with Crippen molar-refractivity contribution in [2.24, 2.45) is 5.92 Å². The molecule has 0 spiro atoms. The number of rotatable bonds is 4. The fraction of sp³-hybridized carbons (Fsp3) is 0.417. The molecule has 6 nitrogen and oxygen atoms in total. The van der Waals surface area contributed by atoms with Gasteiger partial charge in [-0.1, -0.05) is 0 Å². The van der Waals surface area contributed by atoms with Gasteiger partial charge < -0.3 is 10.2 Å². The van der Waals surface area contributed by atoms with Gasteiger partial charge >= 0.3 is 5.97 Å².